The molecule has 0 saturated heterocycles. The normalized spacial score (nSPS) is 10.3. The van der Waals surface area contributed by atoms with E-state index in [9.17, 15) is 4.79 Å². The summed E-state index contributed by atoms with van der Waals surface area (Å²) in [5, 5.41) is 3.06. The fraction of sp³-hybridized carbons (Fsp3) is 0.188. The second kappa shape index (κ2) is 7.22. The lowest BCUT2D eigenvalue weighted by Gasteiger charge is -2.08. The first-order chi connectivity index (χ1) is 9.69. The Kier molecular flexibility index (Phi) is 5.32. The molecule has 0 unspecified atom stereocenters. The number of benzene rings is 2. The number of esters is 1. The van der Waals surface area contributed by atoms with Gasteiger partial charge in [-0.1, -0.05) is 46.3 Å². The summed E-state index contributed by atoms with van der Waals surface area (Å²) in [5.41, 5.74) is 2.57. The van der Waals surface area contributed by atoms with Gasteiger partial charge in [0.1, 0.15) is 6.61 Å². The maximum Gasteiger partial charge on any atom is 0.338 e. The molecule has 0 amide bonds. The lowest BCUT2D eigenvalue weighted by atomic mass is 10.1. The van der Waals surface area contributed by atoms with E-state index < -0.39 is 0 Å². The van der Waals surface area contributed by atoms with Gasteiger partial charge in [-0.05, 0) is 36.4 Å². The first kappa shape index (κ1) is 14.8. The van der Waals surface area contributed by atoms with Crippen molar-refractivity contribution in [3.05, 3.63) is 69.7 Å². The molecule has 0 spiro atoms. The van der Waals surface area contributed by atoms with E-state index >= 15 is 0 Å². The van der Waals surface area contributed by atoms with E-state index in [0.717, 1.165) is 15.6 Å². The smallest absolute Gasteiger partial charge is 0.338 e. The van der Waals surface area contributed by atoms with Gasteiger partial charge in [0.25, 0.3) is 0 Å². The molecular weight excluding hydrogens is 318 g/mol. The van der Waals surface area contributed by atoms with Crippen LogP contribution in [0.1, 0.15) is 21.5 Å². The van der Waals surface area contributed by atoms with Crippen LogP contribution < -0.4 is 5.32 Å². The average Bonchev–Trinajstić information content (AvgIpc) is 2.45. The molecule has 0 saturated carbocycles. The Morgan fingerprint density at radius 3 is 2.60 bits per heavy atom. The van der Waals surface area contributed by atoms with Crippen LogP contribution in [0.25, 0.3) is 0 Å². The number of rotatable bonds is 5. The number of carbonyl (C=O) groups is 1. The van der Waals surface area contributed by atoms with Gasteiger partial charge in [-0.15, -0.1) is 0 Å². The minimum absolute atomic E-state index is 0.285. The molecular formula is C16H16BrNO2. The molecule has 2 aromatic carbocycles. The third-order valence-corrected chi connectivity index (χ3v) is 3.24. The Hall–Kier alpha value is -1.65. The number of hydrogen-bond acceptors (Lipinski definition) is 3. The quantitative estimate of drug-likeness (QED) is 0.850. The van der Waals surface area contributed by atoms with Gasteiger partial charge in [0, 0.05) is 11.0 Å². The summed E-state index contributed by atoms with van der Waals surface area (Å²) in [4.78, 5) is 12.1. The molecule has 4 heteroatoms. The second-order valence-electron chi connectivity index (χ2n) is 4.44. The van der Waals surface area contributed by atoms with Crippen molar-refractivity contribution in [2.45, 2.75) is 13.2 Å². The van der Waals surface area contributed by atoms with E-state index in [1.165, 1.54) is 0 Å². The van der Waals surface area contributed by atoms with Crippen molar-refractivity contribution in [3.8, 4) is 0 Å². The van der Waals surface area contributed by atoms with Gasteiger partial charge in [-0.25, -0.2) is 4.79 Å². The van der Waals surface area contributed by atoms with E-state index in [2.05, 4.69) is 21.2 Å². The zero-order chi connectivity index (χ0) is 14.4. The minimum atomic E-state index is -0.312. The number of carbonyl (C=O) groups excluding carboxylic acids is 1. The molecule has 0 aliphatic carbocycles. The highest BCUT2D eigenvalue weighted by atomic mass is 79.9. The Bertz CT molecular complexity index is 584. The summed E-state index contributed by atoms with van der Waals surface area (Å²) in [6.07, 6.45) is 0. The summed E-state index contributed by atoms with van der Waals surface area (Å²) < 4.78 is 6.19. The summed E-state index contributed by atoms with van der Waals surface area (Å²) in [5.74, 6) is -0.312. The third kappa shape index (κ3) is 4.18. The molecule has 0 fully saturated rings. The van der Waals surface area contributed by atoms with E-state index in [0.29, 0.717) is 12.1 Å². The van der Waals surface area contributed by atoms with Crippen molar-refractivity contribution in [1.82, 2.24) is 5.32 Å². The number of ether oxygens (including phenoxy) is 1. The van der Waals surface area contributed by atoms with E-state index in [4.69, 9.17) is 4.74 Å². The molecule has 0 atom stereocenters. The standard InChI is InChI=1S/C16H16BrNO2/c1-18-10-13-7-14(9-15(17)8-13)16(19)20-11-12-5-3-2-4-6-12/h2-9,18H,10-11H2,1H3. The van der Waals surface area contributed by atoms with Gasteiger partial charge >= 0.3 is 5.97 Å². The van der Waals surface area contributed by atoms with Crippen molar-refractivity contribution in [3.63, 3.8) is 0 Å². The highest BCUT2D eigenvalue weighted by Gasteiger charge is 2.09. The molecule has 2 rings (SSSR count). The largest absolute Gasteiger partial charge is 0.457 e. The van der Waals surface area contributed by atoms with Gasteiger partial charge in [0.2, 0.25) is 0 Å². The number of hydrogen-bond donors (Lipinski definition) is 1. The summed E-state index contributed by atoms with van der Waals surface area (Å²) in [6.45, 7) is 0.992. The molecule has 3 nitrogen and oxygen atoms in total. The topological polar surface area (TPSA) is 38.3 Å². The maximum atomic E-state index is 12.1. The summed E-state index contributed by atoms with van der Waals surface area (Å²) in [7, 11) is 1.87. The molecule has 0 aromatic heterocycles. The Balaban J connectivity index is 2.05. The lowest BCUT2D eigenvalue weighted by Crippen LogP contribution is -2.09. The van der Waals surface area contributed by atoms with Crippen molar-refractivity contribution in [2.24, 2.45) is 0 Å². The maximum absolute atomic E-state index is 12.1. The van der Waals surface area contributed by atoms with Crippen LogP contribution in [0.5, 0.6) is 0 Å². The average molecular weight is 334 g/mol. The zero-order valence-electron chi connectivity index (χ0n) is 11.2. The van der Waals surface area contributed by atoms with Gasteiger partial charge in [-0.2, -0.15) is 0 Å². The van der Waals surface area contributed by atoms with Crippen LogP contribution in [0, 0.1) is 0 Å². The fourth-order valence-electron chi connectivity index (χ4n) is 1.88. The van der Waals surface area contributed by atoms with Crippen LogP contribution in [0.3, 0.4) is 0 Å². The minimum Gasteiger partial charge on any atom is -0.457 e. The number of halogens is 1. The van der Waals surface area contributed by atoms with Gasteiger partial charge < -0.3 is 10.1 Å². The van der Waals surface area contributed by atoms with Crippen LogP contribution in [0.15, 0.2) is 53.0 Å². The molecule has 0 aliphatic heterocycles. The fourth-order valence-corrected chi connectivity index (χ4v) is 2.42. The predicted molar refractivity (Wildman–Crippen MR) is 82.5 cm³/mol. The Morgan fingerprint density at radius 2 is 1.90 bits per heavy atom. The number of nitrogens with one attached hydrogen (secondary N) is 1. The molecule has 0 heterocycles. The van der Waals surface area contributed by atoms with Gasteiger partial charge in [0.15, 0.2) is 0 Å². The third-order valence-electron chi connectivity index (χ3n) is 2.79. The summed E-state index contributed by atoms with van der Waals surface area (Å²) >= 11 is 3.41. The first-order valence-corrected chi connectivity index (χ1v) is 7.13. The van der Waals surface area contributed by atoms with Crippen LogP contribution in [-0.2, 0) is 17.9 Å². The Morgan fingerprint density at radius 1 is 1.15 bits per heavy atom. The van der Waals surface area contributed by atoms with E-state index in [1.54, 1.807) is 6.07 Å². The van der Waals surface area contributed by atoms with Crippen molar-refractivity contribution in [2.75, 3.05) is 7.05 Å². The highest BCUT2D eigenvalue weighted by Crippen LogP contribution is 2.17. The van der Waals surface area contributed by atoms with Crippen molar-refractivity contribution < 1.29 is 9.53 Å². The van der Waals surface area contributed by atoms with Gasteiger partial charge in [0.05, 0.1) is 5.56 Å². The van der Waals surface area contributed by atoms with E-state index in [-0.39, 0.29) is 12.6 Å². The molecule has 0 bridgehead atoms. The van der Waals surface area contributed by atoms with Crippen LogP contribution in [0.2, 0.25) is 0 Å². The lowest BCUT2D eigenvalue weighted by molar-refractivity contribution is 0.0472. The molecule has 0 radical (unpaired) electrons. The monoisotopic (exact) mass is 333 g/mol. The molecule has 1 N–H and O–H groups in total. The van der Waals surface area contributed by atoms with Crippen LogP contribution >= 0.6 is 15.9 Å². The van der Waals surface area contributed by atoms with Crippen LogP contribution in [0.4, 0.5) is 0 Å². The Labute approximate surface area is 127 Å². The highest BCUT2D eigenvalue weighted by molar-refractivity contribution is 9.10. The molecule has 104 valence electrons. The molecule has 2 aromatic rings. The molecule has 0 aliphatic rings. The van der Waals surface area contributed by atoms with Crippen molar-refractivity contribution >= 4 is 21.9 Å². The predicted octanol–water partition coefficient (Wildman–Crippen LogP) is 3.53. The SMILES string of the molecule is CNCc1cc(Br)cc(C(=O)OCc2ccccc2)c1. The van der Waals surface area contributed by atoms with E-state index in [1.807, 2.05) is 49.5 Å². The zero-order valence-corrected chi connectivity index (χ0v) is 12.8. The van der Waals surface area contributed by atoms with Crippen LogP contribution in [-0.4, -0.2) is 13.0 Å². The van der Waals surface area contributed by atoms with Gasteiger partial charge in [-0.3, -0.25) is 0 Å². The van der Waals surface area contributed by atoms with Crippen molar-refractivity contribution in [1.29, 1.82) is 0 Å². The second-order valence-corrected chi connectivity index (χ2v) is 5.36. The summed E-state index contributed by atoms with van der Waals surface area (Å²) in [6, 6.07) is 15.2. The molecule has 20 heavy (non-hydrogen) atoms. The first-order valence-electron chi connectivity index (χ1n) is 6.34.